The standard InChI is InChI=1S/C55H104O10/c1-3-5-7-9-11-13-15-17-19-21-23-24-26-27-29-31-33-35-37-39-41-43-50(57)62-46-48(47-63-55-54(61)53(60)52(59)49(45-56)65-55)64-51(58)44-42-40-38-36-34-32-30-28-25-22-20-18-16-14-12-10-8-6-4-2/h18,20,48-49,52-56,59-61H,3-17,19,21-47H2,1-2H3/b20-18+/t48-,49-,52+,53?,54?,55-/m0/s1. The van der Waals surface area contributed by atoms with E-state index in [1.807, 2.05) is 0 Å². The Morgan fingerprint density at radius 2 is 0.815 bits per heavy atom. The van der Waals surface area contributed by atoms with E-state index in [0.717, 1.165) is 38.5 Å². The Kier molecular flexibility index (Phi) is 43.7. The SMILES string of the molecule is CCCCCCCC/C=C/CCCCCCCCCCCC(=O)O[C@@H](COC(=O)CCCCCCCCCCCCCCCCCCCCCCC)CO[C@H]1O[C@@H](CO)[C@@H](O)C(O)C1O. The Balaban J connectivity index is 2.21. The first-order valence-corrected chi connectivity index (χ1v) is 27.8. The number of carbonyl (C=O) groups is 2. The number of unbranched alkanes of at least 4 members (excludes halogenated alkanes) is 35. The summed E-state index contributed by atoms with van der Waals surface area (Å²) in [6.07, 6.45) is 45.1. The third-order valence-electron chi connectivity index (χ3n) is 13.2. The Morgan fingerprint density at radius 1 is 0.462 bits per heavy atom. The van der Waals surface area contributed by atoms with Crippen molar-refractivity contribution in [3.05, 3.63) is 12.2 Å². The van der Waals surface area contributed by atoms with Gasteiger partial charge in [-0.2, -0.15) is 0 Å². The molecule has 0 aromatic carbocycles. The number of carbonyl (C=O) groups excluding carboxylic acids is 2. The van der Waals surface area contributed by atoms with Crippen LogP contribution >= 0.6 is 0 Å². The highest BCUT2D eigenvalue weighted by molar-refractivity contribution is 5.70. The molecule has 0 radical (unpaired) electrons. The van der Waals surface area contributed by atoms with Crippen LogP contribution < -0.4 is 0 Å². The summed E-state index contributed by atoms with van der Waals surface area (Å²) in [5.74, 6) is -0.791. The number of allylic oxidation sites excluding steroid dienone is 2. The van der Waals surface area contributed by atoms with Crippen LogP contribution in [0.15, 0.2) is 12.2 Å². The zero-order chi connectivity index (χ0) is 47.3. The molecule has 0 aliphatic carbocycles. The van der Waals surface area contributed by atoms with Crippen LogP contribution in [-0.2, 0) is 28.5 Å². The molecule has 10 heteroatoms. The number of aliphatic hydroxyl groups excluding tert-OH is 4. The fourth-order valence-corrected chi connectivity index (χ4v) is 8.77. The zero-order valence-corrected chi connectivity index (χ0v) is 42.3. The molecule has 384 valence electrons. The van der Waals surface area contributed by atoms with Gasteiger partial charge in [-0.05, 0) is 38.5 Å². The van der Waals surface area contributed by atoms with Crippen LogP contribution in [-0.4, -0.2) is 89.0 Å². The minimum Gasteiger partial charge on any atom is -0.462 e. The maximum Gasteiger partial charge on any atom is 0.306 e. The number of esters is 2. The molecule has 0 aromatic rings. The molecule has 65 heavy (non-hydrogen) atoms. The summed E-state index contributed by atoms with van der Waals surface area (Å²) in [6, 6.07) is 0. The first-order valence-electron chi connectivity index (χ1n) is 27.8. The van der Waals surface area contributed by atoms with E-state index in [9.17, 15) is 30.0 Å². The fourth-order valence-electron chi connectivity index (χ4n) is 8.77. The number of ether oxygens (including phenoxy) is 4. The second kappa shape index (κ2) is 46.2. The second-order valence-corrected chi connectivity index (χ2v) is 19.4. The van der Waals surface area contributed by atoms with Crippen molar-refractivity contribution < 1.29 is 49.0 Å². The summed E-state index contributed by atoms with van der Waals surface area (Å²) < 4.78 is 22.3. The van der Waals surface area contributed by atoms with Gasteiger partial charge in [-0.3, -0.25) is 9.59 Å². The van der Waals surface area contributed by atoms with Gasteiger partial charge in [0, 0.05) is 12.8 Å². The lowest BCUT2D eigenvalue weighted by Gasteiger charge is -2.39. The van der Waals surface area contributed by atoms with Crippen molar-refractivity contribution in [2.24, 2.45) is 0 Å². The van der Waals surface area contributed by atoms with Crippen molar-refractivity contribution in [3.8, 4) is 0 Å². The van der Waals surface area contributed by atoms with Crippen LogP contribution in [0.2, 0.25) is 0 Å². The second-order valence-electron chi connectivity index (χ2n) is 19.4. The summed E-state index contributed by atoms with van der Waals surface area (Å²) in [5, 5.41) is 40.3. The van der Waals surface area contributed by atoms with Gasteiger partial charge >= 0.3 is 11.9 Å². The first-order chi connectivity index (χ1) is 31.8. The Labute approximate surface area is 399 Å². The Hall–Kier alpha value is -1.56. The third-order valence-corrected chi connectivity index (χ3v) is 13.2. The van der Waals surface area contributed by atoms with E-state index in [0.29, 0.717) is 6.42 Å². The molecule has 1 fully saturated rings. The smallest absolute Gasteiger partial charge is 0.306 e. The van der Waals surface area contributed by atoms with E-state index < -0.39 is 49.4 Å². The predicted molar refractivity (Wildman–Crippen MR) is 266 cm³/mol. The van der Waals surface area contributed by atoms with E-state index in [1.54, 1.807) is 0 Å². The zero-order valence-electron chi connectivity index (χ0n) is 42.3. The third kappa shape index (κ3) is 37.1. The number of aliphatic hydroxyl groups is 4. The molecular weight excluding hydrogens is 821 g/mol. The van der Waals surface area contributed by atoms with Crippen LogP contribution in [0.3, 0.4) is 0 Å². The molecule has 6 atom stereocenters. The van der Waals surface area contributed by atoms with Gasteiger partial charge in [0.05, 0.1) is 13.2 Å². The van der Waals surface area contributed by atoms with Crippen molar-refractivity contribution in [3.63, 3.8) is 0 Å². The minimum atomic E-state index is -1.59. The molecular formula is C55H104O10. The van der Waals surface area contributed by atoms with Crippen LogP contribution in [0.25, 0.3) is 0 Å². The monoisotopic (exact) mass is 925 g/mol. The van der Waals surface area contributed by atoms with E-state index >= 15 is 0 Å². The van der Waals surface area contributed by atoms with Crippen LogP contribution in [0.4, 0.5) is 0 Å². The van der Waals surface area contributed by atoms with E-state index in [-0.39, 0.29) is 32.0 Å². The van der Waals surface area contributed by atoms with Crippen molar-refractivity contribution >= 4 is 11.9 Å². The van der Waals surface area contributed by atoms with Crippen LogP contribution in [0, 0.1) is 0 Å². The van der Waals surface area contributed by atoms with Crippen molar-refractivity contribution in [2.45, 2.75) is 307 Å². The molecule has 1 aliphatic rings. The molecule has 1 heterocycles. The van der Waals surface area contributed by atoms with Crippen LogP contribution in [0.5, 0.6) is 0 Å². The quantitative estimate of drug-likeness (QED) is 0.0264. The maximum atomic E-state index is 12.9. The maximum absolute atomic E-state index is 12.9. The van der Waals surface area contributed by atoms with Crippen molar-refractivity contribution in [1.29, 1.82) is 0 Å². The molecule has 1 aliphatic heterocycles. The molecule has 1 saturated heterocycles. The lowest BCUT2D eigenvalue weighted by Crippen LogP contribution is -2.59. The molecule has 0 amide bonds. The highest BCUT2D eigenvalue weighted by atomic mass is 16.7. The lowest BCUT2D eigenvalue weighted by atomic mass is 9.99. The fraction of sp³-hybridized carbons (Fsp3) is 0.927. The van der Waals surface area contributed by atoms with Crippen LogP contribution in [0.1, 0.15) is 271 Å². The molecule has 10 nitrogen and oxygen atoms in total. The number of hydrogen-bond donors (Lipinski definition) is 4. The molecule has 0 aromatic heterocycles. The van der Waals surface area contributed by atoms with E-state index in [4.69, 9.17) is 18.9 Å². The highest BCUT2D eigenvalue weighted by Gasteiger charge is 2.44. The molecule has 0 saturated carbocycles. The predicted octanol–water partition coefficient (Wildman–Crippen LogP) is 13.5. The van der Waals surface area contributed by atoms with E-state index in [1.165, 1.54) is 199 Å². The highest BCUT2D eigenvalue weighted by Crippen LogP contribution is 2.23. The van der Waals surface area contributed by atoms with Gasteiger partial charge in [-0.15, -0.1) is 0 Å². The van der Waals surface area contributed by atoms with Gasteiger partial charge in [0.2, 0.25) is 0 Å². The van der Waals surface area contributed by atoms with Gasteiger partial charge < -0.3 is 39.4 Å². The van der Waals surface area contributed by atoms with Gasteiger partial charge in [-0.25, -0.2) is 0 Å². The summed E-state index contributed by atoms with van der Waals surface area (Å²) in [7, 11) is 0. The number of rotatable bonds is 48. The normalized spacial score (nSPS) is 19.3. The summed E-state index contributed by atoms with van der Waals surface area (Å²) >= 11 is 0. The largest absolute Gasteiger partial charge is 0.462 e. The minimum absolute atomic E-state index is 0.212. The Bertz CT molecular complexity index is 1070. The van der Waals surface area contributed by atoms with Gasteiger partial charge in [0.1, 0.15) is 31.0 Å². The number of hydrogen-bond acceptors (Lipinski definition) is 10. The topological polar surface area (TPSA) is 152 Å². The molecule has 4 N–H and O–H groups in total. The molecule has 0 bridgehead atoms. The van der Waals surface area contributed by atoms with Crippen molar-refractivity contribution in [1.82, 2.24) is 0 Å². The van der Waals surface area contributed by atoms with Gasteiger partial charge in [0.25, 0.3) is 0 Å². The average molecular weight is 925 g/mol. The molecule has 2 unspecified atom stereocenters. The van der Waals surface area contributed by atoms with Gasteiger partial charge in [0.15, 0.2) is 12.4 Å². The summed E-state index contributed by atoms with van der Waals surface area (Å²) in [4.78, 5) is 25.5. The Morgan fingerprint density at radius 3 is 1.20 bits per heavy atom. The van der Waals surface area contributed by atoms with Gasteiger partial charge in [-0.1, -0.05) is 231 Å². The summed E-state index contributed by atoms with van der Waals surface area (Å²) in [5.41, 5.74) is 0. The van der Waals surface area contributed by atoms with E-state index in [2.05, 4.69) is 26.0 Å². The first kappa shape index (κ1) is 61.5. The summed E-state index contributed by atoms with van der Waals surface area (Å²) in [6.45, 7) is 3.48. The molecule has 1 rings (SSSR count). The molecule has 0 spiro atoms. The van der Waals surface area contributed by atoms with Crippen molar-refractivity contribution in [2.75, 3.05) is 19.8 Å². The average Bonchev–Trinajstić information content (AvgIpc) is 3.30. The lowest BCUT2D eigenvalue weighted by molar-refractivity contribution is -0.305.